The van der Waals surface area contributed by atoms with Crippen LogP contribution in [0, 0.1) is 0 Å². The highest BCUT2D eigenvalue weighted by Crippen LogP contribution is 2.36. The molecule has 0 fully saturated rings. The van der Waals surface area contributed by atoms with E-state index < -0.39 is 5.97 Å². The maximum atomic E-state index is 12.3. The van der Waals surface area contributed by atoms with Crippen LogP contribution in [0.15, 0.2) is 88.9 Å². The number of aliphatic imine (C=N–C) groups is 1. The molecule has 1 heterocycles. The standard InChI is InChI=1S/C27H23N3O3S/c1-28-24-11-10-19(21-7-3-9-23-22(21)8-4-13-29-23)16-25(24)34-14-12-26(31)30-17-18-5-2-6-20(15-18)27(32)33/h2-11,13,15-16H,1,12,14,17H2,(H,30,31)(H,32,33). The Balaban J connectivity index is 1.41. The Morgan fingerprint density at radius 3 is 2.71 bits per heavy atom. The zero-order valence-electron chi connectivity index (χ0n) is 18.4. The van der Waals surface area contributed by atoms with Crippen molar-refractivity contribution in [1.29, 1.82) is 0 Å². The van der Waals surface area contributed by atoms with Crippen molar-refractivity contribution in [2.24, 2.45) is 4.99 Å². The first-order chi connectivity index (χ1) is 16.5. The summed E-state index contributed by atoms with van der Waals surface area (Å²) < 4.78 is 0. The fraction of sp³-hybridized carbons (Fsp3) is 0.111. The second-order valence-corrected chi connectivity index (χ2v) is 8.73. The lowest BCUT2D eigenvalue weighted by Gasteiger charge is -2.11. The first kappa shape index (κ1) is 23.2. The summed E-state index contributed by atoms with van der Waals surface area (Å²) in [6.45, 7) is 3.96. The molecule has 0 spiro atoms. The van der Waals surface area contributed by atoms with Crippen LogP contribution in [0.25, 0.3) is 22.0 Å². The van der Waals surface area contributed by atoms with Gasteiger partial charge in [-0.15, -0.1) is 11.8 Å². The van der Waals surface area contributed by atoms with Crippen molar-refractivity contribution in [3.8, 4) is 11.1 Å². The van der Waals surface area contributed by atoms with Gasteiger partial charge >= 0.3 is 5.97 Å². The van der Waals surface area contributed by atoms with Crippen molar-refractivity contribution in [2.75, 3.05) is 5.75 Å². The minimum atomic E-state index is -0.988. The summed E-state index contributed by atoms with van der Waals surface area (Å²) in [7, 11) is 0. The first-order valence-corrected chi connectivity index (χ1v) is 11.7. The Labute approximate surface area is 201 Å². The Bertz CT molecular complexity index is 1370. The summed E-state index contributed by atoms with van der Waals surface area (Å²) in [4.78, 5) is 32.9. The molecule has 0 atom stereocenters. The lowest BCUT2D eigenvalue weighted by molar-refractivity contribution is -0.120. The molecule has 0 saturated carbocycles. The molecule has 6 nitrogen and oxygen atoms in total. The molecule has 1 amide bonds. The van der Waals surface area contributed by atoms with Crippen LogP contribution in [0.5, 0.6) is 0 Å². The minimum absolute atomic E-state index is 0.0994. The molecule has 7 heteroatoms. The van der Waals surface area contributed by atoms with E-state index in [4.69, 9.17) is 5.11 Å². The molecule has 0 aliphatic rings. The van der Waals surface area contributed by atoms with Crippen molar-refractivity contribution in [3.05, 3.63) is 90.1 Å². The second-order valence-electron chi connectivity index (χ2n) is 7.60. The molecule has 170 valence electrons. The van der Waals surface area contributed by atoms with E-state index >= 15 is 0 Å². The fourth-order valence-electron chi connectivity index (χ4n) is 3.64. The van der Waals surface area contributed by atoms with Crippen molar-refractivity contribution in [3.63, 3.8) is 0 Å². The van der Waals surface area contributed by atoms with E-state index in [2.05, 4.69) is 40.2 Å². The number of fused-ring (bicyclic) bond motifs is 1. The van der Waals surface area contributed by atoms with Gasteiger partial charge in [-0.25, -0.2) is 4.79 Å². The predicted octanol–water partition coefficient (Wildman–Crippen LogP) is 5.73. The lowest BCUT2D eigenvalue weighted by Crippen LogP contribution is -2.23. The minimum Gasteiger partial charge on any atom is -0.478 e. The van der Waals surface area contributed by atoms with E-state index in [1.807, 2.05) is 30.3 Å². The topological polar surface area (TPSA) is 91.7 Å². The first-order valence-electron chi connectivity index (χ1n) is 10.7. The van der Waals surface area contributed by atoms with E-state index in [9.17, 15) is 9.59 Å². The largest absolute Gasteiger partial charge is 0.478 e. The number of pyridine rings is 1. The summed E-state index contributed by atoms with van der Waals surface area (Å²) in [5, 5.41) is 13.0. The molecule has 4 aromatic rings. The van der Waals surface area contributed by atoms with E-state index in [-0.39, 0.29) is 18.0 Å². The number of rotatable bonds is 9. The summed E-state index contributed by atoms with van der Waals surface area (Å²) in [6.07, 6.45) is 2.11. The average molecular weight is 470 g/mol. The van der Waals surface area contributed by atoms with Gasteiger partial charge in [0.15, 0.2) is 0 Å². The highest BCUT2D eigenvalue weighted by Gasteiger charge is 2.10. The van der Waals surface area contributed by atoms with Gasteiger partial charge in [0.2, 0.25) is 5.91 Å². The summed E-state index contributed by atoms with van der Waals surface area (Å²) in [5.41, 5.74) is 4.80. The lowest BCUT2D eigenvalue weighted by atomic mass is 10.0. The van der Waals surface area contributed by atoms with Crippen molar-refractivity contribution < 1.29 is 14.7 Å². The number of carbonyl (C=O) groups is 2. The fourth-order valence-corrected chi connectivity index (χ4v) is 4.64. The number of hydrogen-bond donors (Lipinski definition) is 2. The Kier molecular flexibility index (Phi) is 7.34. The maximum Gasteiger partial charge on any atom is 0.335 e. The molecule has 1 aromatic heterocycles. The van der Waals surface area contributed by atoms with E-state index in [0.29, 0.717) is 12.2 Å². The summed E-state index contributed by atoms with van der Waals surface area (Å²) in [6, 6.07) is 22.6. The van der Waals surface area contributed by atoms with Gasteiger partial charge in [-0.3, -0.25) is 14.8 Å². The van der Waals surface area contributed by atoms with Gasteiger partial charge in [-0.1, -0.05) is 36.4 Å². The van der Waals surface area contributed by atoms with Crippen LogP contribution in [0.3, 0.4) is 0 Å². The van der Waals surface area contributed by atoms with Gasteiger partial charge in [0.25, 0.3) is 0 Å². The van der Waals surface area contributed by atoms with Crippen LogP contribution in [0.4, 0.5) is 5.69 Å². The number of nitrogens with zero attached hydrogens (tertiary/aromatic N) is 2. The third-order valence-corrected chi connectivity index (χ3v) is 6.38. The number of carboxylic acid groups (broad SMARTS) is 1. The molecule has 0 saturated heterocycles. The Morgan fingerprint density at radius 2 is 1.88 bits per heavy atom. The van der Waals surface area contributed by atoms with Crippen LogP contribution in [0.1, 0.15) is 22.3 Å². The third-order valence-electron chi connectivity index (χ3n) is 5.34. The Morgan fingerprint density at radius 1 is 1.03 bits per heavy atom. The van der Waals surface area contributed by atoms with Crippen molar-refractivity contribution >= 4 is 46.9 Å². The number of carboxylic acids is 1. The summed E-state index contributed by atoms with van der Waals surface area (Å²) >= 11 is 1.55. The quantitative estimate of drug-likeness (QED) is 0.241. The molecular weight excluding hydrogens is 446 g/mol. The third kappa shape index (κ3) is 5.50. The number of hydrogen-bond acceptors (Lipinski definition) is 5. The number of aromatic carboxylic acids is 1. The van der Waals surface area contributed by atoms with E-state index in [1.165, 1.54) is 6.07 Å². The van der Waals surface area contributed by atoms with E-state index in [0.717, 1.165) is 38.2 Å². The van der Waals surface area contributed by atoms with Crippen LogP contribution in [-0.2, 0) is 11.3 Å². The molecule has 0 bridgehead atoms. The molecule has 34 heavy (non-hydrogen) atoms. The van der Waals surface area contributed by atoms with Gasteiger partial charge < -0.3 is 10.4 Å². The molecule has 2 N–H and O–H groups in total. The van der Waals surface area contributed by atoms with Gasteiger partial charge in [-0.2, -0.15) is 0 Å². The highest BCUT2D eigenvalue weighted by molar-refractivity contribution is 7.99. The number of amides is 1. The van der Waals surface area contributed by atoms with Gasteiger partial charge in [0.1, 0.15) is 0 Å². The monoisotopic (exact) mass is 469 g/mol. The number of nitrogens with one attached hydrogen (secondary N) is 1. The average Bonchev–Trinajstić information content (AvgIpc) is 2.87. The predicted molar refractivity (Wildman–Crippen MR) is 137 cm³/mol. The van der Waals surface area contributed by atoms with Crippen molar-refractivity contribution in [1.82, 2.24) is 10.3 Å². The van der Waals surface area contributed by atoms with Crippen LogP contribution >= 0.6 is 11.8 Å². The molecule has 0 unspecified atom stereocenters. The molecule has 0 aliphatic heterocycles. The number of carbonyl (C=O) groups excluding carboxylic acids is 1. The van der Waals surface area contributed by atoms with Crippen molar-refractivity contribution in [2.45, 2.75) is 17.9 Å². The van der Waals surface area contributed by atoms with Crippen LogP contribution in [0.2, 0.25) is 0 Å². The normalized spacial score (nSPS) is 10.7. The maximum absolute atomic E-state index is 12.3. The van der Waals surface area contributed by atoms with Crippen LogP contribution < -0.4 is 5.32 Å². The highest BCUT2D eigenvalue weighted by atomic mass is 32.2. The second kappa shape index (κ2) is 10.8. The van der Waals surface area contributed by atoms with Crippen LogP contribution in [-0.4, -0.2) is 34.4 Å². The number of aromatic nitrogens is 1. The smallest absolute Gasteiger partial charge is 0.335 e. The molecule has 0 radical (unpaired) electrons. The number of thioether (sulfide) groups is 1. The summed E-state index contributed by atoms with van der Waals surface area (Å²) in [5.74, 6) is -0.514. The van der Waals surface area contributed by atoms with Gasteiger partial charge in [0.05, 0.1) is 16.8 Å². The zero-order valence-corrected chi connectivity index (χ0v) is 19.2. The van der Waals surface area contributed by atoms with Gasteiger partial charge in [-0.05, 0) is 59.8 Å². The molecule has 4 rings (SSSR count). The molecular formula is C27H23N3O3S. The SMILES string of the molecule is C=Nc1ccc(-c2cccc3ncccc23)cc1SCCC(=O)NCc1cccc(C(=O)O)c1. The number of benzene rings is 3. The zero-order chi connectivity index (χ0) is 23.9. The molecule has 0 aliphatic carbocycles. The molecule has 3 aromatic carbocycles. The van der Waals surface area contributed by atoms with Gasteiger partial charge in [0, 0.05) is 35.2 Å². The Hall–Kier alpha value is -3.97. The van der Waals surface area contributed by atoms with E-state index in [1.54, 1.807) is 36.2 Å².